The van der Waals surface area contributed by atoms with E-state index in [9.17, 15) is 29.0 Å². The monoisotopic (exact) mass is 686 g/mol. The van der Waals surface area contributed by atoms with Gasteiger partial charge in [-0.3, -0.25) is 29.6 Å². The number of nitro benzene ring substituents is 2. The lowest BCUT2D eigenvalue weighted by molar-refractivity contribution is -0.385. The Kier molecular flexibility index (Phi) is 16.5. The van der Waals surface area contributed by atoms with Crippen molar-refractivity contribution in [3.05, 3.63) is 85.4 Å². The van der Waals surface area contributed by atoms with Gasteiger partial charge in [-0.1, -0.05) is 14.9 Å². The van der Waals surface area contributed by atoms with Gasteiger partial charge in [-0.25, -0.2) is 8.78 Å². The number of aromatic nitrogens is 4. The summed E-state index contributed by atoms with van der Waals surface area (Å²) >= 11 is 2.84. The number of methoxy groups -OCH3 is 2. The predicted molar refractivity (Wildman–Crippen MR) is 165 cm³/mol. The second-order valence-corrected chi connectivity index (χ2v) is 8.90. The van der Waals surface area contributed by atoms with Crippen LogP contribution in [0.25, 0.3) is 11.1 Å². The number of rotatable bonds is 8. The number of aryl methyl sites for hydroxylation is 2. The van der Waals surface area contributed by atoms with Crippen LogP contribution in [-0.2, 0) is 13.1 Å². The number of nitrogens with zero attached hydrogens (tertiary/aromatic N) is 6. The minimum atomic E-state index is -1.40. The van der Waals surface area contributed by atoms with E-state index in [1.165, 1.54) is 26.6 Å². The zero-order valence-corrected chi connectivity index (χ0v) is 24.4. The maximum Gasteiger partial charge on any atom is 0.491 e. The Morgan fingerprint density at radius 2 is 1.34 bits per heavy atom. The zero-order chi connectivity index (χ0) is 31.6. The summed E-state index contributed by atoms with van der Waals surface area (Å²) in [6.45, 7) is 5.21. The molecule has 0 atom stereocenters. The van der Waals surface area contributed by atoms with Crippen molar-refractivity contribution in [2.24, 2.45) is 0 Å². The van der Waals surface area contributed by atoms with E-state index in [4.69, 9.17) is 14.8 Å². The summed E-state index contributed by atoms with van der Waals surface area (Å²) in [6, 6.07) is 4.19. The van der Waals surface area contributed by atoms with Crippen LogP contribution in [0.1, 0.15) is 28.7 Å². The van der Waals surface area contributed by atoms with Crippen LogP contribution in [0.4, 0.5) is 20.2 Å². The van der Waals surface area contributed by atoms with Crippen molar-refractivity contribution in [2.75, 3.05) is 14.2 Å². The van der Waals surface area contributed by atoms with Gasteiger partial charge in [0.15, 0.2) is 11.5 Å². The smallest absolute Gasteiger partial charge is 0.490 e. The summed E-state index contributed by atoms with van der Waals surface area (Å²) in [5, 5.41) is 46.5. The molecule has 0 aliphatic heterocycles. The van der Waals surface area contributed by atoms with Gasteiger partial charge < -0.3 is 19.5 Å². The first-order valence-electron chi connectivity index (χ1n) is 12.0. The van der Waals surface area contributed by atoms with Crippen LogP contribution in [-0.4, -0.2) is 60.8 Å². The Bertz CT molecular complexity index is 1540. The molecule has 4 rings (SSSR count). The van der Waals surface area contributed by atoms with Gasteiger partial charge >= 0.3 is 18.5 Å². The average Bonchev–Trinajstić information content (AvgIpc) is 3.64. The predicted octanol–water partition coefficient (Wildman–Crippen LogP) is 4.99. The second-order valence-electron chi connectivity index (χ2n) is 8.04. The molecule has 0 bridgehead atoms. The molecule has 0 radical (unpaired) electrons. The first kappa shape index (κ1) is 39.6. The van der Waals surface area contributed by atoms with Gasteiger partial charge in [0, 0.05) is 72.5 Å². The van der Waals surface area contributed by atoms with Crippen molar-refractivity contribution >= 4 is 39.9 Å². The molecule has 240 valence electrons. The fourth-order valence-electron chi connectivity index (χ4n) is 3.26. The fraction of sp³-hybridized carbons (Fsp3) is 0.308. The first-order chi connectivity index (χ1) is 19.9. The number of ether oxygens (including phenoxy) is 2. The minimum absolute atomic E-state index is 0. The highest BCUT2D eigenvalue weighted by Crippen LogP contribution is 2.34. The van der Waals surface area contributed by atoms with Crippen LogP contribution < -0.4 is 14.9 Å². The number of hydrogen-bond acceptors (Lipinski definition) is 10. The molecular weight excluding hydrogens is 653 g/mol. The summed E-state index contributed by atoms with van der Waals surface area (Å²) in [6.07, 6.45) is 6.14. The Morgan fingerprint density at radius 3 is 1.75 bits per heavy atom. The fourth-order valence-corrected chi connectivity index (χ4v) is 3.59. The Labute approximate surface area is 261 Å². The third-order valence-corrected chi connectivity index (χ3v) is 6.04. The van der Waals surface area contributed by atoms with Crippen molar-refractivity contribution in [2.45, 2.75) is 41.8 Å². The van der Waals surface area contributed by atoms with E-state index in [2.05, 4.69) is 30.9 Å². The summed E-state index contributed by atoms with van der Waals surface area (Å²) in [4.78, 5) is 20.1. The molecule has 44 heavy (non-hydrogen) atoms. The van der Waals surface area contributed by atoms with Crippen molar-refractivity contribution in [3.8, 4) is 22.6 Å². The lowest BCUT2D eigenvalue weighted by Gasteiger charge is -2.05. The molecule has 0 aliphatic carbocycles. The largest absolute Gasteiger partial charge is 0.491 e. The van der Waals surface area contributed by atoms with Gasteiger partial charge in [-0.2, -0.15) is 10.2 Å². The molecule has 18 heteroatoms. The highest BCUT2D eigenvalue weighted by Gasteiger charge is 2.21. The molecule has 0 saturated heterocycles. The lowest BCUT2D eigenvalue weighted by Crippen LogP contribution is -2.28. The molecule has 2 aromatic carbocycles. The number of hydrogen-bond donors (Lipinski definition) is 2. The minimum Gasteiger partial charge on any atom is -0.490 e. The Hall–Kier alpha value is -4.42. The van der Waals surface area contributed by atoms with Crippen LogP contribution >= 0.6 is 15.9 Å². The van der Waals surface area contributed by atoms with Gasteiger partial charge in [-0.15, -0.1) is 0 Å². The van der Waals surface area contributed by atoms with E-state index in [-0.39, 0.29) is 47.8 Å². The van der Waals surface area contributed by atoms with Crippen LogP contribution in [0.5, 0.6) is 11.5 Å². The standard InChI is InChI=1S/C12H12FN3O3.C7H5BrFNO3.C5H9BN2O2.2CH4/c1-3-15-7-8(6-14-15)9-4-11(16(17)18)12(19-2)5-10(9)13;1-13-7-3-5(9)4(8)2-6(7)10(11)12;1-2-8-4-5(3-7-8)6(9)10;;/h4-7H,3H2,1-2H3;2-3H,1H3;3-4,9-10H,2H2,1H3;2*1H4. The van der Waals surface area contributed by atoms with E-state index >= 15 is 0 Å². The quantitative estimate of drug-likeness (QED) is 0.146. The van der Waals surface area contributed by atoms with E-state index in [0.717, 1.165) is 30.8 Å². The maximum absolute atomic E-state index is 13.9. The lowest BCUT2D eigenvalue weighted by atomic mass is 9.83. The normalized spacial score (nSPS) is 9.66. The van der Waals surface area contributed by atoms with Gasteiger partial charge in [0.2, 0.25) is 0 Å². The molecule has 4 aromatic rings. The van der Waals surface area contributed by atoms with E-state index in [0.29, 0.717) is 17.6 Å². The van der Waals surface area contributed by atoms with Crippen molar-refractivity contribution in [3.63, 3.8) is 0 Å². The SMILES string of the molecule is C.C.CCn1cc(-c2cc([N+](=O)[O-])c(OC)cc2F)cn1.CCn1cc(B(O)O)cn1.COc1cc(F)c(Br)cc1[N+](=O)[O-]. The van der Waals surface area contributed by atoms with Crippen LogP contribution in [0.2, 0.25) is 0 Å². The molecule has 2 N–H and O–H groups in total. The van der Waals surface area contributed by atoms with Crippen molar-refractivity contribution in [1.29, 1.82) is 0 Å². The third kappa shape index (κ3) is 10.4. The zero-order valence-electron chi connectivity index (χ0n) is 22.8. The Balaban J connectivity index is 0.000000651. The van der Waals surface area contributed by atoms with Crippen LogP contribution in [0.3, 0.4) is 0 Å². The van der Waals surface area contributed by atoms with E-state index in [1.54, 1.807) is 21.8 Å². The third-order valence-electron chi connectivity index (χ3n) is 5.43. The van der Waals surface area contributed by atoms with Gasteiger partial charge in [0.05, 0.1) is 34.7 Å². The summed E-state index contributed by atoms with van der Waals surface area (Å²) < 4.78 is 39.5. The molecule has 0 fully saturated rings. The van der Waals surface area contributed by atoms with E-state index in [1.807, 2.05) is 13.8 Å². The average molecular weight is 687 g/mol. The van der Waals surface area contributed by atoms with Crippen molar-refractivity contribution in [1.82, 2.24) is 19.6 Å². The molecule has 2 aromatic heterocycles. The van der Waals surface area contributed by atoms with Crippen LogP contribution in [0, 0.1) is 31.9 Å². The Morgan fingerprint density at radius 1 is 0.864 bits per heavy atom. The molecule has 0 saturated carbocycles. The molecule has 0 aliphatic rings. The summed E-state index contributed by atoms with van der Waals surface area (Å²) in [5.41, 5.74) is 0.512. The molecule has 2 heterocycles. The first-order valence-corrected chi connectivity index (χ1v) is 12.8. The second kappa shape index (κ2) is 18.3. The summed E-state index contributed by atoms with van der Waals surface area (Å²) in [5.74, 6) is -1.37. The van der Waals surface area contributed by atoms with Gasteiger partial charge in [0.25, 0.3) is 0 Å². The van der Waals surface area contributed by atoms with Crippen molar-refractivity contribution < 1.29 is 38.1 Å². The molecule has 0 unspecified atom stereocenters. The molecule has 0 spiro atoms. The highest BCUT2D eigenvalue weighted by molar-refractivity contribution is 9.10. The molecule has 14 nitrogen and oxygen atoms in total. The number of halogens is 3. The van der Waals surface area contributed by atoms with Gasteiger partial charge in [-0.05, 0) is 29.8 Å². The highest BCUT2D eigenvalue weighted by atomic mass is 79.9. The maximum atomic E-state index is 13.9. The number of benzene rings is 2. The van der Waals surface area contributed by atoms with Crippen LogP contribution in [0.15, 0.2) is 53.5 Å². The topological polar surface area (TPSA) is 181 Å². The summed E-state index contributed by atoms with van der Waals surface area (Å²) in [7, 11) is 1.10. The van der Waals surface area contributed by atoms with Gasteiger partial charge in [0.1, 0.15) is 11.6 Å². The van der Waals surface area contributed by atoms with E-state index < -0.39 is 28.6 Å². The number of nitro groups is 2. The molecular formula is C26H34BBrF2N6O8. The molecule has 0 amide bonds.